The van der Waals surface area contributed by atoms with Gasteiger partial charge in [0.1, 0.15) is 0 Å². The quantitative estimate of drug-likeness (QED) is 0.857. The molecule has 90 valence electrons. The van der Waals surface area contributed by atoms with E-state index < -0.39 is 0 Å². The lowest BCUT2D eigenvalue weighted by atomic mass is 10.2. The number of rotatable bonds is 4. The molecule has 2 rings (SSSR count). The van der Waals surface area contributed by atoms with E-state index in [1.165, 1.54) is 4.88 Å². The van der Waals surface area contributed by atoms with E-state index in [0.29, 0.717) is 5.69 Å². The number of hydrogen-bond acceptors (Lipinski definition) is 3. The van der Waals surface area contributed by atoms with Crippen LogP contribution in [0.2, 0.25) is 5.02 Å². The van der Waals surface area contributed by atoms with Crippen molar-refractivity contribution in [2.45, 2.75) is 13.1 Å². The van der Waals surface area contributed by atoms with Gasteiger partial charge in [-0.2, -0.15) is 0 Å². The maximum atomic E-state index is 6.15. The van der Waals surface area contributed by atoms with Crippen LogP contribution < -0.4 is 5.73 Å². The van der Waals surface area contributed by atoms with Gasteiger partial charge in [-0.15, -0.1) is 11.3 Å². The van der Waals surface area contributed by atoms with Crippen LogP contribution >= 0.6 is 22.9 Å². The molecule has 17 heavy (non-hydrogen) atoms. The van der Waals surface area contributed by atoms with Gasteiger partial charge in [0.15, 0.2) is 0 Å². The van der Waals surface area contributed by atoms with Gasteiger partial charge in [-0.05, 0) is 36.2 Å². The van der Waals surface area contributed by atoms with Crippen LogP contribution in [-0.2, 0) is 13.1 Å². The van der Waals surface area contributed by atoms with Gasteiger partial charge in [0.2, 0.25) is 0 Å². The van der Waals surface area contributed by atoms with Gasteiger partial charge in [0, 0.05) is 28.7 Å². The highest BCUT2D eigenvalue weighted by atomic mass is 35.5. The number of nitrogens with two attached hydrogens (primary N) is 1. The highest BCUT2D eigenvalue weighted by molar-refractivity contribution is 7.09. The summed E-state index contributed by atoms with van der Waals surface area (Å²) in [6.45, 7) is 1.77. The monoisotopic (exact) mass is 266 g/mol. The van der Waals surface area contributed by atoms with Crippen LogP contribution in [-0.4, -0.2) is 11.9 Å². The molecule has 0 saturated heterocycles. The summed E-state index contributed by atoms with van der Waals surface area (Å²) in [5, 5.41) is 2.84. The van der Waals surface area contributed by atoms with E-state index in [1.807, 2.05) is 12.1 Å². The summed E-state index contributed by atoms with van der Waals surface area (Å²) >= 11 is 7.93. The van der Waals surface area contributed by atoms with Crippen LogP contribution in [0.15, 0.2) is 35.7 Å². The third-order valence-electron chi connectivity index (χ3n) is 2.52. The number of nitrogen functional groups attached to an aromatic ring is 1. The summed E-state index contributed by atoms with van der Waals surface area (Å²) in [4.78, 5) is 3.60. The zero-order chi connectivity index (χ0) is 12.3. The van der Waals surface area contributed by atoms with Crippen molar-refractivity contribution in [3.05, 3.63) is 51.2 Å². The Kier molecular flexibility index (Phi) is 4.05. The van der Waals surface area contributed by atoms with Crippen LogP contribution in [0, 0.1) is 0 Å². The molecule has 2 nitrogen and oxygen atoms in total. The van der Waals surface area contributed by atoms with Crippen molar-refractivity contribution >= 4 is 28.6 Å². The molecule has 2 N–H and O–H groups in total. The Labute approximate surface area is 111 Å². The number of benzene rings is 1. The van der Waals surface area contributed by atoms with Crippen molar-refractivity contribution < 1.29 is 0 Å². The Morgan fingerprint density at radius 1 is 1.29 bits per heavy atom. The van der Waals surface area contributed by atoms with Crippen LogP contribution in [0.1, 0.15) is 10.4 Å². The predicted molar refractivity (Wildman–Crippen MR) is 75.4 cm³/mol. The van der Waals surface area contributed by atoms with Gasteiger partial charge in [-0.25, -0.2) is 0 Å². The first-order chi connectivity index (χ1) is 8.15. The zero-order valence-corrected chi connectivity index (χ0v) is 11.3. The number of hydrogen-bond donors (Lipinski definition) is 1. The lowest BCUT2D eigenvalue weighted by molar-refractivity contribution is 0.322. The Morgan fingerprint density at radius 2 is 2.12 bits per heavy atom. The highest BCUT2D eigenvalue weighted by Gasteiger charge is 2.06. The SMILES string of the molecule is CN(Cc1cccs1)Cc1ccc(N)cc1Cl. The second-order valence-electron chi connectivity index (χ2n) is 4.10. The normalized spacial score (nSPS) is 11.0. The smallest absolute Gasteiger partial charge is 0.0471 e. The lowest BCUT2D eigenvalue weighted by Crippen LogP contribution is -2.16. The third kappa shape index (κ3) is 3.46. The Hall–Kier alpha value is -1.03. The highest BCUT2D eigenvalue weighted by Crippen LogP contribution is 2.21. The molecule has 0 aliphatic heterocycles. The van der Waals surface area contributed by atoms with E-state index in [0.717, 1.165) is 23.7 Å². The molecule has 0 aliphatic carbocycles. The van der Waals surface area contributed by atoms with Gasteiger partial charge in [0.05, 0.1) is 0 Å². The summed E-state index contributed by atoms with van der Waals surface area (Å²) in [5.74, 6) is 0. The molecule has 0 amide bonds. The number of nitrogens with zero attached hydrogens (tertiary/aromatic N) is 1. The van der Waals surface area contributed by atoms with E-state index in [4.69, 9.17) is 17.3 Å². The molecule has 0 saturated carbocycles. The summed E-state index contributed by atoms with van der Waals surface area (Å²) in [6, 6.07) is 9.90. The Bertz CT molecular complexity index is 482. The van der Waals surface area contributed by atoms with Crippen molar-refractivity contribution in [2.75, 3.05) is 12.8 Å². The summed E-state index contributed by atoms with van der Waals surface area (Å²) in [6.07, 6.45) is 0. The van der Waals surface area contributed by atoms with Crippen LogP contribution in [0.3, 0.4) is 0 Å². The first kappa shape index (κ1) is 12.4. The molecule has 4 heteroatoms. The average Bonchev–Trinajstić information content (AvgIpc) is 2.75. The molecule has 0 bridgehead atoms. The van der Waals surface area contributed by atoms with Gasteiger partial charge in [-0.1, -0.05) is 23.7 Å². The molecular weight excluding hydrogens is 252 g/mol. The molecule has 1 aromatic heterocycles. The standard InChI is InChI=1S/C13H15ClN2S/c1-16(9-12-3-2-6-17-12)8-10-4-5-11(15)7-13(10)14/h2-7H,8-9,15H2,1H3. The second-order valence-corrected chi connectivity index (χ2v) is 5.54. The van der Waals surface area contributed by atoms with Gasteiger partial charge in [-0.3, -0.25) is 4.90 Å². The molecule has 0 unspecified atom stereocenters. The van der Waals surface area contributed by atoms with Crippen molar-refractivity contribution in [1.82, 2.24) is 4.90 Å². The molecule has 1 aromatic carbocycles. The van der Waals surface area contributed by atoms with Crippen molar-refractivity contribution in [1.29, 1.82) is 0 Å². The molecule has 0 atom stereocenters. The summed E-state index contributed by atoms with van der Waals surface area (Å²) < 4.78 is 0. The van der Waals surface area contributed by atoms with Crippen LogP contribution in [0.4, 0.5) is 5.69 Å². The van der Waals surface area contributed by atoms with E-state index in [1.54, 1.807) is 17.4 Å². The fraction of sp³-hybridized carbons (Fsp3) is 0.231. The van der Waals surface area contributed by atoms with Crippen molar-refractivity contribution in [2.24, 2.45) is 0 Å². The topological polar surface area (TPSA) is 29.3 Å². The molecule has 0 fully saturated rings. The van der Waals surface area contributed by atoms with Gasteiger partial charge >= 0.3 is 0 Å². The first-order valence-corrected chi connectivity index (χ1v) is 6.66. The molecule has 2 aromatic rings. The summed E-state index contributed by atoms with van der Waals surface area (Å²) in [7, 11) is 2.09. The maximum absolute atomic E-state index is 6.15. The number of halogens is 1. The molecule has 0 aliphatic rings. The van der Waals surface area contributed by atoms with E-state index >= 15 is 0 Å². The average molecular weight is 267 g/mol. The minimum Gasteiger partial charge on any atom is -0.399 e. The Morgan fingerprint density at radius 3 is 2.76 bits per heavy atom. The molecule has 0 spiro atoms. The zero-order valence-electron chi connectivity index (χ0n) is 9.69. The van der Waals surface area contributed by atoms with Gasteiger partial charge in [0.25, 0.3) is 0 Å². The maximum Gasteiger partial charge on any atom is 0.0471 e. The van der Waals surface area contributed by atoms with Crippen molar-refractivity contribution in [3.8, 4) is 0 Å². The number of anilines is 1. The van der Waals surface area contributed by atoms with Crippen LogP contribution in [0.5, 0.6) is 0 Å². The third-order valence-corrected chi connectivity index (χ3v) is 3.74. The minimum absolute atomic E-state index is 0.708. The predicted octanol–water partition coefficient (Wildman–Crippen LogP) is 3.62. The van der Waals surface area contributed by atoms with E-state index in [9.17, 15) is 0 Å². The molecule has 0 radical (unpaired) electrons. The van der Waals surface area contributed by atoms with E-state index in [2.05, 4.69) is 29.5 Å². The first-order valence-electron chi connectivity index (χ1n) is 5.40. The molecular formula is C13H15ClN2S. The lowest BCUT2D eigenvalue weighted by Gasteiger charge is -2.16. The Balaban J connectivity index is 2.00. The van der Waals surface area contributed by atoms with Crippen LogP contribution in [0.25, 0.3) is 0 Å². The van der Waals surface area contributed by atoms with Crippen molar-refractivity contribution in [3.63, 3.8) is 0 Å². The second kappa shape index (κ2) is 5.54. The molecule has 1 heterocycles. The van der Waals surface area contributed by atoms with Gasteiger partial charge < -0.3 is 5.73 Å². The number of thiophene rings is 1. The minimum atomic E-state index is 0.708. The fourth-order valence-electron chi connectivity index (χ4n) is 1.71. The summed E-state index contributed by atoms with van der Waals surface area (Å²) in [5.41, 5.74) is 7.49. The fourth-order valence-corrected chi connectivity index (χ4v) is 2.74. The van der Waals surface area contributed by atoms with E-state index in [-0.39, 0.29) is 0 Å². The largest absolute Gasteiger partial charge is 0.399 e.